The minimum atomic E-state index is -1.19. The molecule has 3 heteroatoms. The van der Waals surface area contributed by atoms with Gasteiger partial charge in [0.1, 0.15) is 6.10 Å². The van der Waals surface area contributed by atoms with E-state index in [0.29, 0.717) is 0 Å². The van der Waals surface area contributed by atoms with Crippen molar-refractivity contribution in [3.05, 3.63) is 0 Å². The molecule has 0 fully saturated rings. The van der Waals surface area contributed by atoms with E-state index in [0.717, 1.165) is 0 Å². The fraction of sp³-hybridized carbons (Fsp3) is 1.00. The van der Waals surface area contributed by atoms with Gasteiger partial charge in [0.2, 0.25) is 0 Å². The van der Waals surface area contributed by atoms with Crippen molar-refractivity contribution < 1.29 is 15.3 Å². The molecule has 0 unspecified atom stereocenters. The molecule has 0 heterocycles. The van der Waals surface area contributed by atoms with Gasteiger partial charge in [-0.2, -0.15) is 0 Å². The number of rotatable bonds is 2. The lowest BCUT2D eigenvalue weighted by molar-refractivity contribution is -0.0707. The van der Waals surface area contributed by atoms with Gasteiger partial charge in [0.25, 0.3) is 0 Å². The van der Waals surface area contributed by atoms with Crippen LogP contribution in [-0.4, -0.2) is 33.6 Å². The second-order valence-corrected chi connectivity index (χ2v) is 2.35. The minimum Gasteiger partial charge on any atom is -0.394 e. The van der Waals surface area contributed by atoms with E-state index >= 15 is 0 Å². The molecule has 0 aliphatic heterocycles. The maximum absolute atomic E-state index is 8.88. The number of hydrogen-bond acceptors (Lipinski definition) is 3. The van der Waals surface area contributed by atoms with Gasteiger partial charge < -0.3 is 15.3 Å². The smallest absolute Gasteiger partial charge is 0.105 e. The Balaban J connectivity index is 3.62. The van der Waals surface area contributed by atoms with E-state index in [1.54, 1.807) is 0 Å². The molecule has 0 aliphatic carbocycles. The number of aliphatic hydroxyl groups excluding tert-OH is 2. The van der Waals surface area contributed by atoms with Crippen molar-refractivity contribution in [1.29, 1.82) is 0 Å². The van der Waals surface area contributed by atoms with Crippen LogP contribution < -0.4 is 0 Å². The van der Waals surface area contributed by atoms with Crippen molar-refractivity contribution in [2.75, 3.05) is 6.61 Å². The Morgan fingerprint density at radius 3 is 1.88 bits per heavy atom. The molecule has 0 spiro atoms. The molecule has 0 aromatic heterocycles. The summed E-state index contributed by atoms with van der Waals surface area (Å²) in [5.41, 5.74) is -1.19. The van der Waals surface area contributed by atoms with Gasteiger partial charge in [0.15, 0.2) is 0 Å². The number of hydrogen-bond donors (Lipinski definition) is 3. The lowest BCUT2D eigenvalue weighted by atomic mass is 10.0. The lowest BCUT2D eigenvalue weighted by Crippen LogP contribution is -2.38. The first-order chi connectivity index (χ1) is 3.48. The monoisotopic (exact) mass is 120 g/mol. The summed E-state index contributed by atoms with van der Waals surface area (Å²) in [4.78, 5) is 0. The summed E-state index contributed by atoms with van der Waals surface area (Å²) in [5.74, 6) is 0. The maximum Gasteiger partial charge on any atom is 0.105 e. The summed E-state index contributed by atoms with van der Waals surface area (Å²) in [6, 6.07) is 0. The van der Waals surface area contributed by atoms with E-state index in [1.165, 1.54) is 13.8 Å². The van der Waals surface area contributed by atoms with E-state index < -0.39 is 18.3 Å². The van der Waals surface area contributed by atoms with Crippen molar-refractivity contribution in [1.82, 2.24) is 0 Å². The molecule has 0 radical (unpaired) electrons. The van der Waals surface area contributed by atoms with Gasteiger partial charge in [-0.05, 0) is 13.8 Å². The molecule has 0 amide bonds. The first-order valence-electron chi connectivity index (χ1n) is 2.49. The van der Waals surface area contributed by atoms with E-state index in [1.807, 2.05) is 0 Å². The summed E-state index contributed by atoms with van der Waals surface area (Å²) in [6.07, 6.45) is -1.04. The van der Waals surface area contributed by atoms with E-state index in [4.69, 9.17) is 15.3 Å². The molecule has 3 N–H and O–H groups in total. The third-order valence-corrected chi connectivity index (χ3v) is 0.988. The molecule has 0 bridgehead atoms. The molecule has 0 aliphatic rings. The van der Waals surface area contributed by atoms with Crippen molar-refractivity contribution >= 4 is 0 Å². The highest BCUT2D eigenvalue weighted by atomic mass is 16.4. The van der Waals surface area contributed by atoms with Crippen LogP contribution in [0.25, 0.3) is 0 Å². The maximum atomic E-state index is 8.88. The summed E-state index contributed by atoms with van der Waals surface area (Å²) >= 11 is 0. The van der Waals surface area contributed by atoms with E-state index in [-0.39, 0.29) is 0 Å². The third kappa shape index (κ3) is 2.26. The second kappa shape index (κ2) is 2.44. The van der Waals surface area contributed by atoms with Gasteiger partial charge in [-0.3, -0.25) is 0 Å². The zero-order chi connectivity index (χ0) is 6.78. The van der Waals surface area contributed by atoms with Gasteiger partial charge in [-0.15, -0.1) is 0 Å². The normalized spacial score (nSPS) is 16.1. The molecule has 3 nitrogen and oxygen atoms in total. The predicted octanol–water partition coefficient (Wildman–Crippen LogP) is -0.890. The molecule has 1 atom stereocenters. The average Bonchev–Trinajstić information content (AvgIpc) is 1.62. The first kappa shape index (κ1) is 7.88. The molecule has 8 heavy (non-hydrogen) atoms. The Labute approximate surface area is 48.6 Å². The van der Waals surface area contributed by atoms with Crippen molar-refractivity contribution in [3.8, 4) is 0 Å². The zero-order valence-electron chi connectivity index (χ0n) is 5.13. The number of aliphatic hydroxyl groups is 3. The summed E-state index contributed by atoms with van der Waals surface area (Å²) < 4.78 is 0. The van der Waals surface area contributed by atoms with Crippen LogP contribution in [0.2, 0.25) is 0 Å². The summed E-state index contributed by atoms with van der Waals surface area (Å²) in [6.45, 7) is 2.48. The molecule has 0 saturated heterocycles. The largest absolute Gasteiger partial charge is 0.394 e. The van der Waals surface area contributed by atoms with Crippen molar-refractivity contribution in [2.45, 2.75) is 25.6 Å². The Morgan fingerprint density at radius 1 is 1.50 bits per heavy atom. The van der Waals surface area contributed by atoms with Crippen LogP contribution in [0.5, 0.6) is 0 Å². The van der Waals surface area contributed by atoms with Crippen LogP contribution in [0.15, 0.2) is 0 Å². The SMILES string of the molecule is CC(C)(O)[C@@H](O)CO. The van der Waals surface area contributed by atoms with Crippen LogP contribution in [-0.2, 0) is 0 Å². The van der Waals surface area contributed by atoms with Gasteiger partial charge in [0, 0.05) is 0 Å². The highest BCUT2D eigenvalue weighted by Gasteiger charge is 2.22. The molecule has 50 valence electrons. The molecule has 0 aromatic rings. The van der Waals surface area contributed by atoms with Gasteiger partial charge in [-0.1, -0.05) is 0 Å². The minimum absolute atomic E-state index is 0.399. The Bertz CT molecular complexity index is 64.6. The third-order valence-electron chi connectivity index (χ3n) is 0.988. The standard InChI is InChI=1S/C5H12O3/c1-5(2,8)4(7)3-6/h4,6-8H,3H2,1-2H3/t4-/m0/s1. The summed E-state index contributed by atoms with van der Waals surface area (Å²) in [7, 11) is 0. The predicted molar refractivity (Wildman–Crippen MR) is 29.4 cm³/mol. The van der Waals surface area contributed by atoms with E-state index in [2.05, 4.69) is 0 Å². The fourth-order valence-electron chi connectivity index (χ4n) is 0.223. The molecule has 0 rings (SSSR count). The van der Waals surface area contributed by atoms with E-state index in [9.17, 15) is 0 Å². The molecule has 0 saturated carbocycles. The highest BCUT2D eigenvalue weighted by Crippen LogP contribution is 2.05. The van der Waals surface area contributed by atoms with Crippen molar-refractivity contribution in [3.63, 3.8) is 0 Å². The molecule has 0 aromatic carbocycles. The first-order valence-corrected chi connectivity index (χ1v) is 2.49. The Hall–Kier alpha value is -0.120. The topological polar surface area (TPSA) is 60.7 Å². The zero-order valence-corrected chi connectivity index (χ0v) is 5.13. The fourth-order valence-corrected chi connectivity index (χ4v) is 0.223. The quantitative estimate of drug-likeness (QED) is 0.443. The lowest BCUT2D eigenvalue weighted by Gasteiger charge is -2.21. The second-order valence-electron chi connectivity index (χ2n) is 2.35. The van der Waals surface area contributed by atoms with Crippen LogP contribution in [0.1, 0.15) is 13.8 Å². The van der Waals surface area contributed by atoms with Gasteiger partial charge in [0.05, 0.1) is 12.2 Å². The van der Waals surface area contributed by atoms with Crippen molar-refractivity contribution in [2.24, 2.45) is 0 Å². The average molecular weight is 120 g/mol. The van der Waals surface area contributed by atoms with Crippen LogP contribution in [0, 0.1) is 0 Å². The Morgan fingerprint density at radius 2 is 1.88 bits per heavy atom. The highest BCUT2D eigenvalue weighted by molar-refractivity contribution is 4.74. The van der Waals surface area contributed by atoms with Crippen LogP contribution in [0.4, 0.5) is 0 Å². The molecular formula is C5H12O3. The summed E-state index contributed by atoms with van der Waals surface area (Å²) in [5, 5.41) is 25.8. The molecular weight excluding hydrogens is 108 g/mol. The van der Waals surface area contributed by atoms with Crippen LogP contribution in [0.3, 0.4) is 0 Å². The Kier molecular flexibility index (Phi) is 2.40. The van der Waals surface area contributed by atoms with Gasteiger partial charge in [-0.25, -0.2) is 0 Å². The van der Waals surface area contributed by atoms with Gasteiger partial charge >= 0.3 is 0 Å². The van der Waals surface area contributed by atoms with Crippen LogP contribution >= 0.6 is 0 Å².